The first-order valence-electron chi connectivity index (χ1n) is 8.13. The Morgan fingerprint density at radius 2 is 1.67 bits per heavy atom. The van der Waals surface area contributed by atoms with Gasteiger partial charge in [-0.1, -0.05) is 18.2 Å². The van der Waals surface area contributed by atoms with Crippen LogP contribution in [0.2, 0.25) is 0 Å². The van der Waals surface area contributed by atoms with Crippen molar-refractivity contribution in [2.75, 3.05) is 4.31 Å². The number of hydrogen-bond acceptors (Lipinski definition) is 4. The van der Waals surface area contributed by atoms with E-state index in [9.17, 15) is 23.0 Å². The Morgan fingerprint density at radius 3 is 2.30 bits per heavy atom. The van der Waals surface area contributed by atoms with Gasteiger partial charge in [0.05, 0.1) is 17.1 Å². The van der Waals surface area contributed by atoms with Crippen molar-refractivity contribution in [2.24, 2.45) is 0 Å². The van der Waals surface area contributed by atoms with Gasteiger partial charge in [0, 0.05) is 6.07 Å². The molecule has 27 heavy (non-hydrogen) atoms. The minimum absolute atomic E-state index is 0.0308. The molecule has 0 amide bonds. The van der Waals surface area contributed by atoms with Crippen molar-refractivity contribution in [1.29, 1.82) is 0 Å². The van der Waals surface area contributed by atoms with Crippen molar-refractivity contribution in [2.45, 2.75) is 18.4 Å². The van der Waals surface area contributed by atoms with Gasteiger partial charge in [-0.05, 0) is 60.5 Å². The number of rotatable bonds is 5. The Morgan fingerprint density at radius 1 is 0.963 bits per heavy atom. The molecule has 2 N–H and O–H groups in total. The molecule has 0 atom stereocenters. The van der Waals surface area contributed by atoms with Gasteiger partial charge in [0.25, 0.3) is 10.0 Å². The van der Waals surface area contributed by atoms with Gasteiger partial charge < -0.3 is 10.2 Å². The lowest BCUT2D eigenvalue weighted by Gasteiger charge is -2.25. The fourth-order valence-electron chi connectivity index (χ4n) is 2.61. The van der Waals surface area contributed by atoms with E-state index >= 15 is 0 Å². The maximum atomic E-state index is 13.6. The molecule has 0 aliphatic carbocycles. The van der Waals surface area contributed by atoms with Crippen LogP contribution in [0.3, 0.4) is 0 Å². The first kappa shape index (κ1) is 18.7. The first-order valence-corrected chi connectivity index (χ1v) is 9.57. The topological polar surface area (TPSA) is 77.8 Å². The molecule has 0 spiro atoms. The highest BCUT2D eigenvalue weighted by atomic mass is 32.2. The highest BCUT2D eigenvalue weighted by Gasteiger charge is 2.26. The van der Waals surface area contributed by atoms with E-state index in [4.69, 9.17) is 0 Å². The summed E-state index contributed by atoms with van der Waals surface area (Å²) in [6.07, 6.45) is 0. The normalized spacial score (nSPS) is 11.3. The number of benzene rings is 3. The molecule has 140 valence electrons. The maximum absolute atomic E-state index is 13.6. The largest absolute Gasteiger partial charge is 0.508 e. The highest BCUT2D eigenvalue weighted by Crippen LogP contribution is 2.30. The second-order valence-corrected chi connectivity index (χ2v) is 7.97. The molecule has 0 aromatic heterocycles. The maximum Gasteiger partial charge on any atom is 0.264 e. The number of anilines is 1. The Labute approximate surface area is 157 Å². The molecule has 0 saturated heterocycles. The lowest BCUT2D eigenvalue weighted by atomic mass is 10.2. The highest BCUT2D eigenvalue weighted by molar-refractivity contribution is 7.92. The number of nitrogens with zero attached hydrogens (tertiary/aromatic N) is 1. The van der Waals surface area contributed by atoms with E-state index < -0.39 is 15.8 Å². The monoisotopic (exact) mass is 387 g/mol. The molecule has 0 aliphatic rings. The number of halogens is 1. The summed E-state index contributed by atoms with van der Waals surface area (Å²) in [4.78, 5) is -0.0308. The zero-order valence-electron chi connectivity index (χ0n) is 14.5. The molecule has 0 unspecified atom stereocenters. The molecule has 0 saturated carbocycles. The van der Waals surface area contributed by atoms with Crippen molar-refractivity contribution in [3.8, 4) is 11.5 Å². The molecule has 7 heteroatoms. The summed E-state index contributed by atoms with van der Waals surface area (Å²) in [5.74, 6) is -0.572. The van der Waals surface area contributed by atoms with E-state index in [-0.39, 0.29) is 28.6 Å². The number of aryl methyl sites for hydroxylation is 1. The van der Waals surface area contributed by atoms with Gasteiger partial charge in [-0.2, -0.15) is 0 Å². The van der Waals surface area contributed by atoms with Crippen molar-refractivity contribution in [3.05, 3.63) is 83.7 Å². The fourth-order valence-corrected chi connectivity index (χ4v) is 4.06. The SMILES string of the molecule is Cc1ccc(N(Cc2cccc(F)c2)S(=O)(=O)c2ccc(O)cc2)cc1O. The Bertz CT molecular complexity index is 1070. The number of hydrogen-bond donors (Lipinski definition) is 2. The first-order chi connectivity index (χ1) is 12.8. The molecule has 5 nitrogen and oxygen atoms in total. The van der Waals surface area contributed by atoms with Crippen LogP contribution in [0.1, 0.15) is 11.1 Å². The minimum atomic E-state index is -4.02. The van der Waals surface area contributed by atoms with Crippen LogP contribution in [0, 0.1) is 12.7 Å². The summed E-state index contributed by atoms with van der Waals surface area (Å²) in [6, 6.07) is 15.3. The van der Waals surface area contributed by atoms with Gasteiger partial charge in [-0.25, -0.2) is 12.8 Å². The van der Waals surface area contributed by atoms with Crippen molar-refractivity contribution >= 4 is 15.7 Å². The number of phenolic OH excluding ortho intramolecular Hbond substituents is 2. The standard InChI is InChI=1S/C20H18FNO4S/c1-14-5-6-17(12-20(14)24)22(13-15-3-2-4-16(21)11-15)27(25,26)19-9-7-18(23)8-10-19/h2-12,23-24H,13H2,1H3. The molecule has 0 fully saturated rings. The van der Waals surface area contributed by atoms with Crippen LogP contribution < -0.4 is 4.31 Å². The van der Waals surface area contributed by atoms with Crippen LogP contribution in [0.25, 0.3) is 0 Å². The van der Waals surface area contributed by atoms with Crippen molar-refractivity contribution in [1.82, 2.24) is 0 Å². The van der Waals surface area contributed by atoms with E-state index in [1.54, 1.807) is 25.1 Å². The average molecular weight is 387 g/mol. The third kappa shape index (κ3) is 4.03. The Kier molecular flexibility index (Phi) is 5.05. The molecule has 0 heterocycles. The molecular weight excluding hydrogens is 369 g/mol. The van der Waals surface area contributed by atoms with Crippen LogP contribution in [-0.2, 0) is 16.6 Å². The molecule has 3 rings (SSSR count). The molecule has 3 aromatic rings. The lowest BCUT2D eigenvalue weighted by Crippen LogP contribution is -2.30. The molecule has 0 bridgehead atoms. The van der Waals surface area contributed by atoms with Crippen LogP contribution in [-0.4, -0.2) is 18.6 Å². The number of sulfonamides is 1. The zero-order chi connectivity index (χ0) is 19.6. The Balaban J connectivity index is 2.11. The van der Waals surface area contributed by atoms with Gasteiger partial charge in [0.1, 0.15) is 17.3 Å². The molecular formula is C20H18FNO4S. The van der Waals surface area contributed by atoms with Gasteiger partial charge in [-0.3, -0.25) is 4.31 Å². The van der Waals surface area contributed by atoms with Crippen LogP contribution >= 0.6 is 0 Å². The van der Waals surface area contributed by atoms with Gasteiger partial charge in [0.15, 0.2) is 0 Å². The van der Waals surface area contributed by atoms with Gasteiger partial charge >= 0.3 is 0 Å². The molecule has 0 aliphatic heterocycles. The second-order valence-electron chi connectivity index (χ2n) is 6.11. The molecule has 3 aromatic carbocycles. The summed E-state index contributed by atoms with van der Waals surface area (Å²) in [5.41, 5.74) is 1.30. The average Bonchev–Trinajstić information content (AvgIpc) is 2.62. The van der Waals surface area contributed by atoms with Gasteiger partial charge in [0.2, 0.25) is 0 Å². The fraction of sp³-hybridized carbons (Fsp3) is 0.100. The lowest BCUT2D eigenvalue weighted by molar-refractivity contribution is 0.471. The van der Waals surface area contributed by atoms with Crippen molar-refractivity contribution < 1.29 is 23.0 Å². The van der Waals surface area contributed by atoms with E-state index in [0.717, 1.165) is 4.31 Å². The third-order valence-corrected chi connectivity index (χ3v) is 5.91. The predicted molar refractivity (Wildman–Crippen MR) is 101 cm³/mol. The van der Waals surface area contributed by atoms with Crippen LogP contribution in [0.15, 0.2) is 71.6 Å². The van der Waals surface area contributed by atoms with Crippen LogP contribution in [0.5, 0.6) is 11.5 Å². The predicted octanol–water partition coefficient (Wildman–Crippen LogP) is 3.94. The summed E-state index contributed by atoms with van der Waals surface area (Å²) in [7, 11) is -4.02. The quantitative estimate of drug-likeness (QED) is 0.695. The molecule has 0 radical (unpaired) electrons. The summed E-state index contributed by atoms with van der Waals surface area (Å²) in [6.45, 7) is 1.58. The summed E-state index contributed by atoms with van der Waals surface area (Å²) >= 11 is 0. The van der Waals surface area contributed by atoms with Crippen molar-refractivity contribution in [3.63, 3.8) is 0 Å². The smallest absolute Gasteiger partial charge is 0.264 e. The van der Waals surface area contributed by atoms with E-state index in [1.165, 1.54) is 48.5 Å². The number of phenols is 2. The van der Waals surface area contributed by atoms with E-state index in [1.807, 2.05) is 0 Å². The Hall–Kier alpha value is -3.06. The van der Waals surface area contributed by atoms with E-state index in [0.29, 0.717) is 11.1 Å². The zero-order valence-corrected chi connectivity index (χ0v) is 15.3. The summed E-state index contributed by atoms with van der Waals surface area (Å²) < 4.78 is 41.1. The van der Waals surface area contributed by atoms with Crippen LogP contribution in [0.4, 0.5) is 10.1 Å². The number of aromatic hydroxyl groups is 2. The van der Waals surface area contributed by atoms with Gasteiger partial charge in [-0.15, -0.1) is 0 Å². The second kappa shape index (κ2) is 7.28. The minimum Gasteiger partial charge on any atom is -0.508 e. The van der Waals surface area contributed by atoms with E-state index in [2.05, 4.69) is 0 Å². The third-order valence-electron chi connectivity index (χ3n) is 4.12. The summed E-state index contributed by atoms with van der Waals surface area (Å²) in [5, 5.41) is 19.4.